The van der Waals surface area contributed by atoms with Gasteiger partial charge in [0.15, 0.2) is 11.6 Å². The zero-order valence-corrected chi connectivity index (χ0v) is 16.1. The van der Waals surface area contributed by atoms with Gasteiger partial charge in [0.25, 0.3) is 0 Å². The van der Waals surface area contributed by atoms with E-state index in [1.54, 1.807) is 78.9 Å². The molecule has 0 aliphatic rings. The number of ketones is 2. The molecular formula is C25H18O5. The van der Waals surface area contributed by atoms with Crippen molar-refractivity contribution in [2.45, 2.75) is 0 Å². The second-order valence-electron chi connectivity index (χ2n) is 6.72. The Balaban J connectivity index is 2.10. The first kappa shape index (κ1) is 19.2. The van der Waals surface area contributed by atoms with E-state index in [1.165, 1.54) is 7.11 Å². The summed E-state index contributed by atoms with van der Waals surface area (Å²) in [6.07, 6.45) is 0. The molecule has 0 aromatic heterocycles. The quantitative estimate of drug-likeness (QED) is 0.375. The van der Waals surface area contributed by atoms with Crippen molar-refractivity contribution < 1.29 is 24.5 Å². The Hall–Kier alpha value is -4.12. The van der Waals surface area contributed by atoms with Crippen LogP contribution in [0.4, 0.5) is 0 Å². The lowest BCUT2D eigenvalue weighted by Gasteiger charge is -2.17. The number of phenols is 2. The van der Waals surface area contributed by atoms with Gasteiger partial charge in [0.05, 0.1) is 23.6 Å². The maximum Gasteiger partial charge on any atom is 0.197 e. The Kier molecular flexibility index (Phi) is 4.94. The molecule has 4 aromatic rings. The minimum Gasteiger partial charge on any atom is -0.506 e. The number of rotatable bonds is 5. The van der Waals surface area contributed by atoms with Gasteiger partial charge < -0.3 is 14.9 Å². The first-order valence-electron chi connectivity index (χ1n) is 9.28. The topological polar surface area (TPSA) is 83.8 Å². The Morgan fingerprint density at radius 2 is 1.17 bits per heavy atom. The first-order chi connectivity index (χ1) is 14.5. The standard InChI is InChI=1S/C25H18O5/c1-30-18-14-8-13-17-19(18)25(29)21(23(27)16-11-6-3-7-12-16)20(24(17)28)22(26)15-9-4-2-5-10-15/h2-14,28-29H,1H3. The van der Waals surface area contributed by atoms with Crippen molar-refractivity contribution in [3.63, 3.8) is 0 Å². The van der Waals surface area contributed by atoms with Gasteiger partial charge in [-0.2, -0.15) is 0 Å². The molecule has 0 saturated heterocycles. The van der Waals surface area contributed by atoms with E-state index in [-0.39, 0.29) is 44.5 Å². The SMILES string of the molecule is COc1cccc2c(O)c(C(=O)c3ccccc3)c(C(=O)c3ccccc3)c(O)c12. The third-order valence-corrected chi connectivity index (χ3v) is 4.99. The third-order valence-electron chi connectivity index (χ3n) is 4.99. The second-order valence-corrected chi connectivity index (χ2v) is 6.72. The summed E-state index contributed by atoms with van der Waals surface area (Å²) < 4.78 is 5.32. The molecule has 4 rings (SSSR count). The molecule has 5 nitrogen and oxygen atoms in total. The van der Waals surface area contributed by atoms with Crippen LogP contribution >= 0.6 is 0 Å². The summed E-state index contributed by atoms with van der Waals surface area (Å²) in [5.74, 6) is -1.65. The molecule has 0 saturated carbocycles. The van der Waals surface area contributed by atoms with Crippen molar-refractivity contribution in [1.82, 2.24) is 0 Å². The Morgan fingerprint density at radius 1 is 0.667 bits per heavy atom. The number of benzene rings is 4. The highest BCUT2D eigenvalue weighted by Crippen LogP contribution is 2.45. The molecule has 4 aromatic carbocycles. The predicted molar refractivity (Wildman–Crippen MR) is 114 cm³/mol. The summed E-state index contributed by atoms with van der Waals surface area (Å²) in [4.78, 5) is 26.7. The van der Waals surface area contributed by atoms with E-state index in [0.29, 0.717) is 0 Å². The number of phenolic OH excluding ortho intramolecular Hbond substituents is 2. The van der Waals surface area contributed by atoms with Crippen molar-refractivity contribution in [2.75, 3.05) is 7.11 Å². The molecule has 0 radical (unpaired) electrons. The average molecular weight is 398 g/mol. The van der Waals surface area contributed by atoms with E-state index in [0.717, 1.165) is 0 Å². The minimum atomic E-state index is -0.574. The van der Waals surface area contributed by atoms with E-state index in [9.17, 15) is 19.8 Å². The fraction of sp³-hybridized carbons (Fsp3) is 0.0400. The Morgan fingerprint density at radius 3 is 1.67 bits per heavy atom. The molecule has 0 fully saturated rings. The molecule has 30 heavy (non-hydrogen) atoms. The van der Waals surface area contributed by atoms with Gasteiger partial charge in [-0.1, -0.05) is 72.8 Å². The Bertz CT molecular complexity index is 1260. The van der Waals surface area contributed by atoms with Crippen molar-refractivity contribution in [1.29, 1.82) is 0 Å². The molecule has 0 atom stereocenters. The molecule has 148 valence electrons. The molecule has 0 heterocycles. The fourth-order valence-electron chi connectivity index (χ4n) is 3.55. The van der Waals surface area contributed by atoms with E-state index in [2.05, 4.69) is 0 Å². The summed E-state index contributed by atoms with van der Waals surface area (Å²) in [5, 5.41) is 22.6. The molecule has 0 amide bonds. The van der Waals surface area contributed by atoms with E-state index < -0.39 is 17.3 Å². The summed E-state index contributed by atoms with van der Waals surface area (Å²) in [6.45, 7) is 0. The van der Waals surface area contributed by atoms with Crippen molar-refractivity contribution >= 4 is 22.3 Å². The van der Waals surface area contributed by atoms with Crippen molar-refractivity contribution in [3.8, 4) is 17.2 Å². The van der Waals surface area contributed by atoms with Gasteiger partial charge in [-0.3, -0.25) is 9.59 Å². The number of aromatic hydroxyl groups is 2. The van der Waals surface area contributed by atoms with Gasteiger partial charge in [0.2, 0.25) is 0 Å². The van der Waals surface area contributed by atoms with Gasteiger partial charge >= 0.3 is 0 Å². The number of hydrogen-bond acceptors (Lipinski definition) is 5. The molecule has 0 bridgehead atoms. The number of carbonyl (C=O) groups excluding carboxylic acids is 2. The van der Waals surface area contributed by atoms with Crippen LogP contribution in [0.2, 0.25) is 0 Å². The molecule has 5 heteroatoms. The highest BCUT2D eigenvalue weighted by Gasteiger charge is 2.30. The first-order valence-corrected chi connectivity index (χ1v) is 9.28. The number of fused-ring (bicyclic) bond motifs is 1. The van der Waals surface area contributed by atoms with Crippen LogP contribution in [0.1, 0.15) is 31.8 Å². The van der Waals surface area contributed by atoms with Gasteiger partial charge in [0, 0.05) is 16.5 Å². The number of carbonyl (C=O) groups is 2. The largest absolute Gasteiger partial charge is 0.506 e. The van der Waals surface area contributed by atoms with Crippen LogP contribution in [-0.4, -0.2) is 28.9 Å². The number of ether oxygens (including phenoxy) is 1. The summed E-state index contributed by atoms with van der Waals surface area (Å²) in [7, 11) is 1.42. The molecule has 0 spiro atoms. The molecule has 0 aliphatic carbocycles. The van der Waals surface area contributed by atoms with Gasteiger partial charge in [0.1, 0.15) is 17.2 Å². The van der Waals surface area contributed by atoms with Crippen LogP contribution in [0.15, 0.2) is 78.9 Å². The normalized spacial score (nSPS) is 10.7. The van der Waals surface area contributed by atoms with Crippen LogP contribution in [0.5, 0.6) is 17.2 Å². The molecular weight excluding hydrogens is 380 g/mol. The van der Waals surface area contributed by atoms with Crippen LogP contribution in [0.25, 0.3) is 10.8 Å². The van der Waals surface area contributed by atoms with Gasteiger partial charge in [-0.15, -0.1) is 0 Å². The Labute approximate surface area is 172 Å². The monoisotopic (exact) mass is 398 g/mol. The third kappa shape index (κ3) is 3.06. The lowest BCUT2D eigenvalue weighted by Crippen LogP contribution is -2.12. The van der Waals surface area contributed by atoms with E-state index >= 15 is 0 Å². The van der Waals surface area contributed by atoms with E-state index in [1.807, 2.05) is 0 Å². The lowest BCUT2D eigenvalue weighted by atomic mass is 9.88. The summed E-state index contributed by atoms with van der Waals surface area (Å²) in [6, 6.07) is 21.4. The zero-order chi connectivity index (χ0) is 21.3. The zero-order valence-electron chi connectivity index (χ0n) is 16.1. The van der Waals surface area contributed by atoms with Crippen LogP contribution in [-0.2, 0) is 0 Å². The summed E-state index contributed by atoms with van der Waals surface area (Å²) in [5.41, 5.74) is 0.0676. The van der Waals surface area contributed by atoms with E-state index in [4.69, 9.17) is 4.74 Å². The highest BCUT2D eigenvalue weighted by atomic mass is 16.5. The van der Waals surface area contributed by atoms with Crippen molar-refractivity contribution in [2.24, 2.45) is 0 Å². The minimum absolute atomic E-state index is 0.168. The fourth-order valence-corrected chi connectivity index (χ4v) is 3.55. The predicted octanol–water partition coefficient (Wildman–Crippen LogP) is 4.72. The number of hydrogen-bond donors (Lipinski definition) is 2. The van der Waals surface area contributed by atoms with Crippen LogP contribution < -0.4 is 4.74 Å². The van der Waals surface area contributed by atoms with Crippen molar-refractivity contribution in [3.05, 3.63) is 101 Å². The van der Waals surface area contributed by atoms with Crippen LogP contribution in [0.3, 0.4) is 0 Å². The lowest BCUT2D eigenvalue weighted by molar-refractivity contribution is 0.0999. The van der Waals surface area contributed by atoms with Gasteiger partial charge in [-0.05, 0) is 6.07 Å². The second kappa shape index (κ2) is 7.72. The molecule has 0 unspecified atom stereocenters. The highest BCUT2D eigenvalue weighted by molar-refractivity contribution is 6.25. The molecule has 0 aliphatic heterocycles. The molecule has 2 N–H and O–H groups in total. The summed E-state index contributed by atoms with van der Waals surface area (Å²) >= 11 is 0. The van der Waals surface area contributed by atoms with Gasteiger partial charge in [-0.25, -0.2) is 0 Å². The smallest absolute Gasteiger partial charge is 0.197 e. The van der Waals surface area contributed by atoms with Crippen LogP contribution in [0, 0.1) is 0 Å². The maximum atomic E-state index is 13.4. The number of methoxy groups -OCH3 is 1. The average Bonchev–Trinajstić information content (AvgIpc) is 2.81. The maximum absolute atomic E-state index is 13.4.